The van der Waals surface area contributed by atoms with E-state index in [1.54, 1.807) is 12.1 Å². The molecule has 2 heterocycles. The molecular formula is C27H35N3O4. The molecule has 1 spiro atoms. The number of ether oxygens (including phenoxy) is 1. The fourth-order valence-corrected chi connectivity index (χ4v) is 5.05. The van der Waals surface area contributed by atoms with Gasteiger partial charge in [-0.25, -0.2) is 0 Å². The van der Waals surface area contributed by atoms with Crippen LogP contribution in [0.2, 0.25) is 0 Å². The number of hydrogen-bond acceptors (Lipinski definition) is 5. The molecule has 1 amide bonds. The van der Waals surface area contributed by atoms with Crippen LogP contribution in [0.4, 0.5) is 5.69 Å². The van der Waals surface area contributed by atoms with Gasteiger partial charge in [0.1, 0.15) is 5.75 Å². The van der Waals surface area contributed by atoms with Crippen LogP contribution in [-0.4, -0.2) is 53.4 Å². The molecule has 0 bridgehead atoms. The molecule has 0 aromatic heterocycles. The lowest BCUT2D eigenvalue weighted by Gasteiger charge is -2.47. The summed E-state index contributed by atoms with van der Waals surface area (Å²) >= 11 is 0. The zero-order chi connectivity index (χ0) is 24.1. The highest BCUT2D eigenvalue weighted by atomic mass is 16.6. The summed E-state index contributed by atoms with van der Waals surface area (Å²) in [5.74, 6) is 1.47. The van der Waals surface area contributed by atoms with Crippen LogP contribution in [0.5, 0.6) is 5.75 Å². The van der Waals surface area contributed by atoms with E-state index in [4.69, 9.17) is 4.74 Å². The smallest absolute Gasteiger partial charge is 0.269 e. The van der Waals surface area contributed by atoms with Gasteiger partial charge in [-0.2, -0.15) is 0 Å². The number of hydrogen-bond donors (Lipinski definition) is 0. The van der Waals surface area contributed by atoms with E-state index < -0.39 is 4.92 Å². The topological polar surface area (TPSA) is 75.9 Å². The molecule has 2 aliphatic heterocycles. The van der Waals surface area contributed by atoms with Crippen molar-refractivity contribution in [1.82, 2.24) is 9.80 Å². The number of nitro groups is 1. The predicted molar refractivity (Wildman–Crippen MR) is 132 cm³/mol. The van der Waals surface area contributed by atoms with E-state index in [-0.39, 0.29) is 11.6 Å². The molecule has 0 saturated carbocycles. The fourth-order valence-electron chi connectivity index (χ4n) is 5.05. The Morgan fingerprint density at radius 3 is 2.24 bits per heavy atom. The van der Waals surface area contributed by atoms with Crippen LogP contribution in [0, 0.1) is 21.4 Å². The van der Waals surface area contributed by atoms with Crippen molar-refractivity contribution < 1.29 is 14.5 Å². The number of rotatable bonds is 7. The third kappa shape index (κ3) is 5.76. The Hall–Kier alpha value is -2.93. The third-order valence-corrected chi connectivity index (χ3v) is 7.29. The summed E-state index contributed by atoms with van der Waals surface area (Å²) in [4.78, 5) is 27.7. The standard InChI is InChI=1S/C27H35N3O4/c1-21(2)20-34-25-6-4-3-5-23(25)19-28-15-11-27(12-16-28)13-17-29(18-14-27)26(31)22-7-9-24(10-8-22)30(32)33/h3-10,21H,11-20H2,1-2H3. The van der Waals surface area contributed by atoms with Crippen LogP contribution in [0.1, 0.15) is 55.5 Å². The van der Waals surface area contributed by atoms with Crippen LogP contribution < -0.4 is 4.74 Å². The molecule has 7 nitrogen and oxygen atoms in total. The second-order valence-electron chi connectivity index (χ2n) is 10.2. The maximum absolute atomic E-state index is 12.9. The third-order valence-electron chi connectivity index (χ3n) is 7.29. The Balaban J connectivity index is 1.28. The zero-order valence-electron chi connectivity index (χ0n) is 20.2. The van der Waals surface area contributed by atoms with Crippen molar-refractivity contribution in [3.63, 3.8) is 0 Å². The molecule has 2 aromatic rings. The highest BCUT2D eigenvalue weighted by Crippen LogP contribution is 2.42. The second kappa shape index (κ2) is 10.6. The molecule has 2 aromatic carbocycles. The van der Waals surface area contributed by atoms with Gasteiger partial charge in [0, 0.05) is 42.9 Å². The van der Waals surface area contributed by atoms with Gasteiger partial charge in [-0.15, -0.1) is 0 Å². The number of non-ortho nitro benzene ring substituents is 1. The van der Waals surface area contributed by atoms with Crippen molar-refractivity contribution in [2.24, 2.45) is 11.3 Å². The molecule has 0 radical (unpaired) electrons. The molecule has 2 saturated heterocycles. The number of para-hydroxylation sites is 1. The van der Waals surface area contributed by atoms with E-state index in [1.165, 1.54) is 17.7 Å². The molecule has 0 aliphatic carbocycles. The first kappa shape index (κ1) is 24.2. The molecule has 2 fully saturated rings. The van der Waals surface area contributed by atoms with Gasteiger partial charge in [0.05, 0.1) is 11.5 Å². The van der Waals surface area contributed by atoms with E-state index >= 15 is 0 Å². The molecule has 34 heavy (non-hydrogen) atoms. The molecule has 0 unspecified atom stereocenters. The van der Waals surface area contributed by atoms with Crippen molar-refractivity contribution in [3.05, 3.63) is 69.8 Å². The van der Waals surface area contributed by atoms with E-state index in [9.17, 15) is 14.9 Å². The van der Waals surface area contributed by atoms with Crippen molar-refractivity contribution in [3.8, 4) is 5.75 Å². The SMILES string of the molecule is CC(C)COc1ccccc1CN1CCC2(CC1)CCN(C(=O)c1ccc([N+](=O)[O-])cc1)CC2. The lowest BCUT2D eigenvalue weighted by molar-refractivity contribution is -0.384. The maximum atomic E-state index is 12.9. The number of amides is 1. The maximum Gasteiger partial charge on any atom is 0.269 e. The van der Waals surface area contributed by atoms with Gasteiger partial charge >= 0.3 is 0 Å². The van der Waals surface area contributed by atoms with Gasteiger partial charge < -0.3 is 9.64 Å². The van der Waals surface area contributed by atoms with E-state index in [1.807, 2.05) is 11.0 Å². The number of carbonyl (C=O) groups excluding carboxylic acids is 1. The minimum absolute atomic E-state index is 0.00927. The first-order valence-corrected chi connectivity index (χ1v) is 12.3. The summed E-state index contributed by atoms with van der Waals surface area (Å²) in [7, 11) is 0. The molecule has 4 rings (SSSR count). The van der Waals surface area contributed by atoms with Crippen LogP contribution in [0.25, 0.3) is 0 Å². The van der Waals surface area contributed by atoms with Gasteiger partial charge in [0.25, 0.3) is 11.6 Å². The minimum Gasteiger partial charge on any atom is -0.493 e. The minimum atomic E-state index is -0.442. The molecule has 0 atom stereocenters. The number of benzene rings is 2. The zero-order valence-corrected chi connectivity index (χ0v) is 20.2. The fraction of sp³-hybridized carbons (Fsp3) is 0.519. The van der Waals surface area contributed by atoms with Gasteiger partial charge in [-0.1, -0.05) is 32.0 Å². The highest BCUT2D eigenvalue weighted by molar-refractivity contribution is 5.94. The summed E-state index contributed by atoms with van der Waals surface area (Å²) in [6.07, 6.45) is 4.35. The molecule has 0 N–H and O–H groups in total. The first-order valence-electron chi connectivity index (χ1n) is 12.3. The lowest BCUT2D eigenvalue weighted by Crippen LogP contribution is -2.48. The summed E-state index contributed by atoms with van der Waals surface area (Å²) < 4.78 is 6.04. The van der Waals surface area contributed by atoms with Crippen molar-refractivity contribution in [2.75, 3.05) is 32.8 Å². The number of carbonyl (C=O) groups is 1. The number of likely N-dealkylation sites (tertiary alicyclic amines) is 2. The summed E-state index contributed by atoms with van der Waals surface area (Å²) in [5.41, 5.74) is 2.10. The summed E-state index contributed by atoms with van der Waals surface area (Å²) in [5, 5.41) is 10.9. The average molecular weight is 466 g/mol. The lowest BCUT2D eigenvalue weighted by atomic mass is 9.71. The highest BCUT2D eigenvalue weighted by Gasteiger charge is 2.38. The summed E-state index contributed by atoms with van der Waals surface area (Å²) in [6, 6.07) is 14.3. The average Bonchev–Trinajstić information content (AvgIpc) is 2.85. The summed E-state index contributed by atoms with van der Waals surface area (Å²) in [6.45, 7) is 9.60. The normalized spacial score (nSPS) is 18.3. The number of piperidine rings is 2. The van der Waals surface area contributed by atoms with Crippen LogP contribution >= 0.6 is 0 Å². The van der Waals surface area contributed by atoms with Crippen molar-refractivity contribution >= 4 is 11.6 Å². The molecule has 7 heteroatoms. The van der Waals surface area contributed by atoms with Gasteiger partial charge in [0.15, 0.2) is 0 Å². The van der Waals surface area contributed by atoms with Gasteiger partial charge in [-0.05, 0) is 68.3 Å². The van der Waals surface area contributed by atoms with Crippen LogP contribution in [0.15, 0.2) is 48.5 Å². The molecule has 2 aliphatic rings. The Morgan fingerprint density at radius 1 is 1.00 bits per heavy atom. The van der Waals surface area contributed by atoms with Gasteiger partial charge in [-0.3, -0.25) is 19.8 Å². The van der Waals surface area contributed by atoms with Crippen LogP contribution in [0.3, 0.4) is 0 Å². The Labute approximate surface area is 201 Å². The quantitative estimate of drug-likeness (QED) is 0.418. The second-order valence-corrected chi connectivity index (χ2v) is 10.2. The predicted octanol–water partition coefficient (Wildman–Crippen LogP) is 5.15. The van der Waals surface area contributed by atoms with E-state index in [0.717, 1.165) is 70.8 Å². The molecular weight excluding hydrogens is 430 g/mol. The van der Waals surface area contributed by atoms with Gasteiger partial charge in [0.2, 0.25) is 0 Å². The Kier molecular flexibility index (Phi) is 7.51. The van der Waals surface area contributed by atoms with E-state index in [0.29, 0.717) is 16.9 Å². The first-order chi connectivity index (χ1) is 16.3. The largest absolute Gasteiger partial charge is 0.493 e. The van der Waals surface area contributed by atoms with Crippen LogP contribution in [-0.2, 0) is 6.54 Å². The number of nitro benzene ring substituents is 1. The van der Waals surface area contributed by atoms with E-state index in [2.05, 4.69) is 36.9 Å². The molecule has 182 valence electrons. The van der Waals surface area contributed by atoms with Crippen molar-refractivity contribution in [1.29, 1.82) is 0 Å². The Bertz CT molecular complexity index is 987. The van der Waals surface area contributed by atoms with Crippen molar-refractivity contribution in [2.45, 2.75) is 46.1 Å². The Morgan fingerprint density at radius 2 is 1.62 bits per heavy atom. The monoisotopic (exact) mass is 465 g/mol. The number of nitrogens with zero attached hydrogens (tertiary/aromatic N) is 3.